The number of hydrogen-bond donors (Lipinski definition) is 2. The number of hydrogen-bond acceptors (Lipinski definition) is 9. The zero-order valence-corrected chi connectivity index (χ0v) is 27.8. The summed E-state index contributed by atoms with van der Waals surface area (Å²) in [4.78, 5) is 20.0. The largest absolute Gasteiger partial charge is 0.493 e. The fourth-order valence-corrected chi connectivity index (χ4v) is 7.56. The zero-order chi connectivity index (χ0) is 32.8. The second-order valence-electron chi connectivity index (χ2n) is 13.0. The van der Waals surface area contributed by atoms with Gasteiger partial charge in [0.05, 0.1) is 46.9 Å². The molecule has 1 aromatic carbocycles. The Morgan fingerprint density at radius 1 is 1.06 bits per heavy atom. The van der Waals surface area contributed by atoms with Gasteiger partial charge in [0.15, 0.2) is 5.69 Å². The first-order chi connectivity index (χ1) is 22.7. The van der Waals surface area contributed by atoms with Gasteiger partial charge in [-0.1, -0.05) is 28.4 Å². The Labute approximate surface area is 286 Å². The van der Waals surface area contributed by atoms with Crippen molar-refractivity contribution in [1.29, 1.82) is 0 Å². The molecule has 2 bridgehead atoms. The molecule has 3 heterocycles. The average molecular weight is 703 g/mol. The number of aliphatic hydroxyl groups excluding tert-OH is 1. The number of nitrogens with zero attached hydrogens (tertiary/aromatic N) is 3. The molecule has 10 nitrogen and oxygen atoms in total. The van der Waals surface area contributed by atoms with Crippen LogP contribution in [0.5, 0.6) is 11.5 Å². The summed E-state index contributed by atoms with van der Waals surface area (Å²) >= 11 is 18.9. The Balaban J connectivity index is 1.03. The predicted molar refractivity (Wildman–Crippen MR) is 176 cm³/mol. The molecular formula is C34H34Cl3N3O7. The van der Waals surface area contributed by atoms with Crippen molar-refractivity contribution in [3.8, 4) is 22.8 Å². The summed E-state index contributed by atoms with van der Waals surface area (Å²) in [6.07, 6.45) is 10.2. The Morgan fingerprint density at radius 3 is 2.43 bits per heavy atom. The Morgan fingerprint density at radius 2 is 1.79 bits per heavy atom. The smallest absolute Gasteiger partial charge is 0.354 e. The van der Waals surface area contributed by atoms with Crippen LogP contribution in [-0.4, -0.2) is 62.1 Å². The lowest BCUT2D eigenvalue weighted by molar-refractivity contribution is -0.150. The third-order valence-electron chi connectivity index (χ3n) is 9.89. The second kappa shape index (κ2) is 13.0. The summed E-state index contributed by atoms with van der Waals surface area (Å²) in [6.45, 7) is 0.616. The molecule has 47 heavy (non-hydrogen) atoms. The molecule has 1 unspecified atom stereocenters. The van der Waals surface area contributed by atoms with Gasteiger partial charge in [-0.2, -0.15) is 0 Å². The third-order valence-corrected chi connectivity index (χ3v) is 10.8. The van der Waals surface area contributed by atoms with Gasteiger partial charge in [-0.15, -0.1) is 11.6 Å². The Kier molecular flexibility index (Phi) is 8.99. The maximum absolute atomic E-state index is 11.7. The van der Waals surface area contributed by atoms with Crippen LogP contribution in [0.25, 0.3) is 22.2 Å². The molecular weight excluding hydrogens is 669 g/mol. The first-order valence-corrected chi connectivity index (χ1v) is 17.1. The number of aromatic nitrogens is 3. The number of halogens is 3. The van der Waals surface area contributed by atoms with E-state index in [0.717, 1.165) is 62.7 Å². The van der Waals surface area contributed by atoms with E-state index in [0.29, 0.717) is 57.1 Å². The van der Waals surface area contributed by atoms with Gasteiger partial charge in [0.1, 0.15) is 29.1 Å². The van der Waals surface area contributed by atoms with Crippen molar-refractivity contribution in [2.45, 2.75) is 75.6 Å². The Bertz CT molecular complexity index is 1760. The van der Waals surface area contributed by atoms with Crippen molar-refractivity contribution < 1.29 is 33.7 Å². The van der Waals surface area contributed by atoms with Crippen LogP contribution in [0.15, 0.2) is 41.2 Å². The normalized spacial score (nSPS) is 22.8. The molecule has 2 N–H and O–H groups in total. The van der Waals surface area contributed by atoms with Crippen LogP contribution >= 0.6 is 34.8 Å². The van der Waals surface area contributed by atoms with Gasteiger partial charge in [-0.25, -0.2) is 9.78 Å². The van der Waals surface area contributed by atoms with Gasteiger partial charge in [0.2, 0.25) is 0 Å². The first-order valence-electron chi connectivity index (χ1n) is 15.8. The summed E-state index contributed by atoms with van der Waals surface area (Å²) in [7, 11) is 0. The third kappa shape index (κ3) is 6.50. The minimum atomic E-state index is -1.18. The number of alkyl halides is 1. The number of ether oxygens (including phenoxy) is 3. The van der Waals surface area contributed by atoms with Crippen LogP contribution in [0, 0.1) is 5.41 Å². The molecule has 248 valence electrons. The van der Waals surface area contributed by atoms with Crippen molar-refractivity contribution in [3.63, 3.8) is 0 Å². The minimum absolute atomic E-state index is 0.0328. The van der Waals surface area contributed by atoms with Gasteiger partial charge < -0.3 is 28.9 Å². The molecule has 0 saturated heterocycles. The topological polar surface area (TPSA) is 137 Å². The van der Waals surface area contributed by atoms with Crippen LogP contribution in [0.1, 0.15) is 79.1 Å². The van der Waals surface area contributed by atoms with Gasteiger partial charge in [-0.3, -0.25) is 4.98 Å². The molecule has 4 aliphatic carbocycles. The van der Waals surface area contributed by atoms with Crippen molar-refractivity contribution >= 4 is 51.7 Å². The molecule has 4 aliphatic rings. The van der Waals surface area contributed by atoms with Crippen molar-refractivity contribution in [3.05, 3.63) is 63.7 Å². The fraction of sp³-hybridized carbons (Fsp3) is 0.471. The number of aliphatic hydroxyl groups is 1. The first kappa shape index (κ1) is 32.4. The summed E-state index contributed by atoms with van der Waals surface area (Å²) in [5.41, 5.74) is 2.27. The lowest BCUT2D eigenvalue weighted by atomic mass is 9.59. The highest BCUT2D eigenvalue weighted by Gasteiger charge is 2.50. The van der Waals surface area contributed by atoms with E-state index < -0.39 is 12.1 Å². The molecule has 4 saturated carbocycles. The van der Waals surface area contributed by atoms with E-state index in [1.165, 1.54) is 6.07 Å². The molecule has 0 spiro atoms. The molecule has 8 rings (SSSR count). The Hall–Kier alpha value is -3.15. The maximum atomic E-state index is 11.7. The monoisotopic (exact) mass is 701 g/mol. The highest BCUT2D eigenvalue weighted by Crippen LogP contribution is 2.55. The highest BCUT2D eigenvalue weighted by atomic mass is 35.5. The van der Waals surface area contributed by atoms with Gasteiger partial charge >= 0.3 is 5.97 Å². The van der Waals surface area contributed by atoms with E-state index in [1.54, 1.807) is 30.6 Å². The molecule has 0 amide bonds. The van der Waals surface area contributed by atoms with Crippen molar-refractivity contribution in [1.82, 2.24) is 15.1 Å². The van der Waals surface area contributed by atoms with E-state index in [2.05, 4.69) is 15.1 Å². The van der Waals surface area contributed by atoms with Crippen molar-refractivity contribution in [2.24, 2.45) is 5.41 Å². The fourth-order valence-electron chi connectivity index (χ4n) is 6.85. The molecule has 4 fully saturated rings. The van der Waals surface area contributed by atoms with Gasteiger partial charge in [-0.05, 0) is 69.6 Å². The number of benzene rings is 1. The van der Waals surface area contributed by atoms with Crippen LogP contribution in [0.3, 0.4) is 0 Å². The summed E-state index contributed by atoms with van der Waals surface area (Å²) in [6, 6.07) is 6.66. The second-order valence-corrected chi connectivity index (χ2v) is 14.1. The van der Waals surface area contributed by atoms with Crippen LogP contribution in [0.2, 0.25) is 10.0 Å². The number of aromatic carboxylic acids is 1. The quantitative estimate of drug-likeness (QED) is 0.133. The van der Waals surface area contributed by atoms with Crippen LogP contribution in [0.4, 0.5) is 0 Å². The molecule has 4 aromatic rings. The molecule has 0 radical (unpaired) electrons. The predicted octanol–water partition coefficient (Wildman–Crippen LogP) is 7.83. The number of carbonyl (C=O) groups is 1. The molecule has 1 atom stereocenters. The van der Waals surface area contributed by atoms with E-state index in [-0.39, 0.29) is 34.9 Å². The number of carboxylic acid groups (broad SMARTS) is 1. The minimum Gasteiger partial charge on any atom is -0.493 e. The van der Waals surface area contributed by atoms with E-state index in [9.17, 15) is 15.0 Å². The summed E-state index contributed by atoms with van der Waals surface area (Å²) < 4.78 is 24.9. The number of rotatable bonds is 13. The van der Waals surface area contributed by atoms with E-state index in [1.807, 2.05) is 0 Å². The SMILES string of the molecule is O=C(O)c1cc(OC(CO)CCl)c2cc(OCC34CCC(OCc5c(-c6c(Cl)cncc6Cl)noc5C5CC5)(CC3)CC4)ccc2n1. The molecule has 3 aromatic heterocycles. The lowest BCUT2D eigenvalue weighted by Crippen LogP contribution is -2.49. The van der Waals surface area contributed by atoms with Crippen molar-refractivity contribution in [2.75, 3.05) is 19.1 Å². The van der Waals surface area contributed by atoms with E-state index >= 15 is 0 Å². The van der Waals surface area contributed by atoms with Crippen LogP contribution in [-0.2, 0) is 11.3 Å². The maximum Gasteiger partial charge on any atom is 0.354 e. The van der Waals surface area contributed by atoms with Gasteiger partial charge in [0, 0.05) is 46.3 Å². The number of carboxylic acids is 1. The summed E-state index contributed by atoms with van der Waals surface area (Å²) in [5, 5.41) is 25.0. The highest BCUT2D eigenvalue weighted by molar-refractivity contribution is 6.38. The molecule has 0 aliphatic heterocycles. The number of fused-ring (bicyclic) bond motifs is 4. The standard InChI is InChI=1S/C34H34Cl3N3O7/c35-13-21(16-41)46-28-12-27(32(42)43)39-26-4-3-20(11-22(26)28)44-18-33-5-8-34(9-6-33,10-7-33)45-17-23-30(40-47-31(23)19-1-2-19)29-24(36)14-38-15-25(29)37/h3-4,11-12,14-15,19,21,41H,1-2,5-10,13,16-18H2,(H,42,43). The van der Waals surface area contributed by atoms with Crippen LogP contribution < -0.4 is 9.47 Å². The average Bonchev–Trinajstić information content (AvgIpc) is 3.85. The lowest BCUT2D eigenvalue weighted by Gasteiger charge is -2.52. The number of pyridine rings is 2. The zero-order valence-electron chi connectivity index (χ0n) is 25.5. The summed E-state index contributed by atoms with van der Waals surface area (Å²) in [5.74, 6) is 0.989. The van der Waals surface area contributed by atoms with Gasteiger partial charge in [0.25, 0.3) is 0 Å². The molecule has 13 heteroatoms. The van der Waals surface area contributed by atoms with E-state index in [4.69, 9.17) is 53.5 Å².